The summed E-state index contributed by atoms with van der Waals surface area (Å²) in [5, 5.41) is 19.9. The molecule has 0 saturated heterocycles. The number of hydrogen-bond donors (Lipinski definition) is 3. The smallest absolute Gasteiger partial charge is 0.407 e. The molecule has 2 aromatic rings. The lowest BCUT2D eigenvalue weighted by Gasteiger charge is -2.60. The molecule has 1 unspecified atom stereocenters. The number of benzene rings is 1. The molecule has 7 rings (SSSR count). The van der Waals surface area contributed by atoms with Crippen LogP contribution in [0.3, 0.4) is 0 Å². The fourth-order valence-corrected chi connectivity index (χ4v) is 8.13. The van der Waals surface area contributed by atoms with Crippen molar-refractivity contribution in [1.82, 2.24) is 15.3 Å². The normalized spacial score (nSPS) is 29.4. The van der Waals surface area contributed by atoms with Gasteiger partial charge in [0.15, 0.2) is 0 Å². The number of nitrogens with zero attached hydrogens (tertiary/aromatic N) is 3. The van der Waals surface area contributed by atoms with Gasteiger partial charge in [0, 0.05) is 19.1 Å². The van der Waals surface area contributed by atoms with Crippen molar-refractivity contribution in [2.75, 3.05) is 23.7 Å². The van der Waals surface area contributed by atoms with Gasteiger partial charge in [-0.3, -0.25) is 0 Å². The van der Waals surface area contributed by atoms with Crippen LogP contribution in [-0.2, 0) is 11.3 Å². The van der Waals surface area contributed by atoms with Gasteiger partial charge < -0.3 is 20.7 Å². The topological polar surface area (TPSA) is 112 Å². The Hall–Kier alpha value is -3.34. The third-order valence-electron chi connectivity index (χ3n) is 9.71. The van der Waals surface area contributed by atoms with Crippen molar-refractivity contribution in [3.05, 3.63) is 47.7 Å². The molecule has 0 radical (unpaired) electrons. The summed E-state index contributed by atoms with van der Waals surface area (Å²) in [4.78, 5) is 21.8. The fourth-order valence-electron chi connectivity index (χ4n) is 8.13. The molecule has 3 N–H and O–H groups in total. The molecule has 0 aliphatic heterocycles. The first kappa shape index (κ1) is 25.9. The number of ether oxygens (including phenoxy) is 1. The Balaban J connectivity index is 1.06. The fraction of sp³-hybridized carbons (Fsp3) is 0.613. The van der Waals surface area contributed by atoms with Crippen LogP contribution in [0.15, 0.2) is 36.5 Å². The zero-order valence-corrected chi connectivity index (χ0v) is 22.7. The van der Waals surface area contributed by atoms with E-state index in [0.717, 1.165) is 31.5 Å². The zero-order chi connectivity index (χ0) is 26.7. The molecule has 1 amide bonds. The summed E-state index contributed by atoms with van der Waals surface area (Å²) in [6.07, 6.45) is 13.5. The van der Waals surface area contributed by atoms with E-state index in [1.54, 1.807) is 6.20 Å². The van der Waals surface area contributed by atoms with Crippen LogP contribution in [0.25, 0.3) is 0 Å². The minimum atomic E-state index is -0.309. The van der Waals surface area contributed by atoms with Crippen LogP contribution in [0.2, 0.25) is 0 Å². The maximum Gasteiger partial charge on any atom is 0.407 e. The molecule has 8 heteroatoms. The van der Waals surface area contributed by atoms with Gasteiger partial charge in [-0.25, -0.2) is 9.78 Å². The van der Waals surface area contributed by atoms with Crippen LogP contribution in [0.4, 0.5) is 16.6 Å². The Labute approximate surface area is 231 Å². The average Bonchev–Trinajstić information content (AvgIpc) is 2.96. The van der Waals surface area contributed by atoms with Crippen LogP contribution in [0.5, 0.6) is 0 Å². The molecule has 0 spiro atoms. The van der Waals surface area contributed by atoms with Crippen LogP contribution >= 0.6 is 0 Å². The van der Waals surface area contributed by atoms with Gasteiger partial charge in [-0.05, 0) is 79.6 Å². The SMILES string of the molecule is N#Cc1cnc(NCC2CCCCC2)nc1NC[C@]12CC3C[C@H](C1)[C@@H](NC(=O)OCc1ccccc1)[C@@H](C3)C2. The lowest BCUT2D eigenvalue weighted by Crippen LogP contribution is -2.60. The number of carbonyl (C=O) groups excluding carboxylic acids is 1. The maximum absolute atomic E-state index is 12.7. The van der Waals surface area contributed by atoms with E-state index in [9.17, 15) is 10.1 Å². The summed E-state index contributed by atoms with van der Waals surface area (Å²) in [6, 6.07) is 12.3. The molecular weight excluding hydrogens is 488 g/mol. The largest absolute Gasteiger partial charge is 0.445 e. The summed E-state index contributed by atoms with van der Waals surface area (Å²) in [6.45, 7) is 1.99. The molecule has 1 aromatic carbocycles. The van der Waals surface area contributed by atoms with Crippen molar-refractivity contribution in [1.29, 1.82) is 5.26 Å². The summed E-state index contributed by atoms with van der Waals surface area (Å²) in [7, 11) is 0. The van der Waals surface area contributed by atoms with E-state index in [2.05, 4.69) is 27.0 Å². The van der Waals surface area contributed by atoms with Gasteiger partial charge in [0.25, 0.3) is 0 Å². The van der Waals surface area contributed by atoms with Gasteiger partial charge in [0.05, 0.1) is 6.20 Å². The molecule has 39 heavy (non-hydrogen) atoms. The molecule has 8 nitrogen and oxygen atoms in total. The summed E-state index contributed by atoms with van der Waals surface area (Å²) >= 11 is 0. The lowest BCUT2D eigenvalue weighted by atomic mass is 9.48. The first-order chi connectivity index (χ1) is 19.1. The van der Waals surface area contributed by atoms with Crippen molar-refractivity contribution in [3.63, 3.8) is 0 Å². The molecule has 5 fully saturated rings. The van der Waals surface area contributed by atoms with Crippen molar-refractivity contribution < 1.29 is 9.53 Å². The first-order valence-corrected chi connectivity index (χ1v) is 14.8. The Bertz CT molecular complexity index is 1180. The minimum Gasteiger partial charge on any atom is -0.445 e. The predicted molar refractivity (Wildman–Crippen MR) is 150 cm³/mol. The van der Waals surface area contributed by atoms with Gasteiger partial charge in [-0.15, -0.1) is 0 Å². The maximum atomic E-state index is 12.7. The molecule has 5 aliphatic rings. The van der Waals surface area contributed by atoms with Gasteiger partial charge in [-0.1, -0.05) is 49.6 Å². The standard InChI is InChI=1S/C31H40N6O2/c32-16-26-18-34-29(33-17-21-7-3-1-4-8-21)37-28(26)35-20-31-13-23-11-24(14-31)27(25(12-23)15-31)36-30(38)39-19-22-9-5-2-6-10-22/h2,5-6,9-10,18,21,23-25,27H,1,3-4,7-8,11-15,17,19-20H2,(H,36,38)(H2,33,34,35,37)/t23?,24-,25+,27-,31-. The average molecular weight is 529 g/mol. The highest BCUT2D eigenvalue weighted by molar-refractivity contribution is 5.67. The van der Waals surface area contributed by atoms with Crippen LogP contribution < -0.4 is 16.0 Å². The first-order valence-electron chi connectivity index (χ1n) is 14.8. The van der Waals surface area contributed by atoms with Crippen molar-refractivity contribution in [2.45, 2.75) is 76.9 Å². The number of rotatable bonds is 9. The molecular formula is C31H40N6O2. The lowest BCUT2D eigenvalue weighted by molar-refractivity contribution is -0.0683. The highest BCUT2D eigenvalue weighted by atomic mass is 16.5. The Kier molecular flexibility index (Phi) is 7.58. The number of aromatic nitrogens is 2. The van der Waals surface area contributed by atoms with Crippen molar-refractivity contribution in [3.8, 4) is 6.07 Å². The molecule has 1 heterocycles. The van der Waals surface area contributed by atoms with E-state index in [0.29, 0.717) is 47.6 Å². The molecule has 5 atom stereocenters. The second-order valence-electron chi connectivity index (χ2n) is 12.5. The van der Waals surface area contributed by atoms with Crippen molar-refractivity contribution in [2.24, 2.45) is 29.1 Å². The summed E-state index contributed by atoms with van der Waals surface area (Å²) in [5.74, 6) is 3.56. The number of nitriles is 1. The van der Waals surface area contributed by atoms with E-state index >= 15 is 0 Å². The second-order valence-corrected chi connectivity index (χ2v) is 12.5. The van der Waals surface area contributed by atoms with Crippen LogP contribution in [0.1, 0.15) is 75.3 Å². The van der Waals surface area contributed by atoms with Gasteiger partial charge in [0.1, 0.15) is 24.1 Å². The molecule has 5 saturated carbocycles. The number of carbonyl (C=O) groups is 1. The Morgan fingerprint density at radius 2 is 1.82 bits per heavy atom. The Morgan fingerprint density at radius 1 is 1.05 bits per heavy atom. The molecule has 5 aliphatic carbocycles. The van der Waals surface area contributed by atoms with E-state index in [4.69, 9.17) is 9.72 Å². The van der Waals surface area contributed by atoms with E-state index in [1.165, 1.54) is 51.4 Å². The number of hydrogen-bond acceptors (Lipinski definition) is 7. The van der Waals surface area contributed by atoms with E-state index < -0.39 is 0 Å². The molecule has 4 bridgehead atoms. The quantitative estimate of drug-likeness (QED) is 0.373. The third kappa shape index (κ3) is 5.98. The van der Waals surface area contributed by atoms with E-state index in [1.807, 2.05) is 30.3 Å². The van der Waals surface area contributed by atoms with Gasteiger partial charge >= 0.3 is 6.09 Å². The van der Waals surface area contributed by atoms with Crippen LogP contribution in [0, 0.1) is 40.4 Å². The molecule has 1 aromatic heterocycles. The number of nitrogens with one attached hydrogen (secondary N) is 3. The van der Waals surface area contributed by atoms with Crippen molar-refractivity contribution >= 4 is 17.9 Å². The van der Waals surface area contributed by atoms with Gasteiger partial charge in [0.2, 0.25) is 5.95 Å². The second kappa shape index (κ2) is 11.4. The predicted octanol–water partition coefficient (Wildman–Crippen LogP) is 5.87. The number of alkyl carbamates (subject to hydrolysis) is 1. The van der Waals surface area contributed by atoms with Gasteiger partial charge in [-0.2, -0.15) is 10.2 Å². The highest BCUT2D eigenvalue weighted by Gasteiger charge is 2.55. The monoisotopic (exact) mass is 528 g/mol. The van der Waals surface area contributed by atoms with Crippen LogP contribution in [-0.4, -0.2) is 35.2 Å². The summed E-state index contributed by atoms with van der Waals surface area (Å²) < 4.78 is 5.55. The van der Waals surface area contributed by atoms with E-state index in [-0.39, 0.29) is 17.6 Å². The minimum absolute atomic E-state index is 0.177. The molecule has 206 valence electrons. The number of amides is 1. The third-order valence-corrected chi connectivity index (χ3v) is 9.71. The summed E-state index contributed by atoms with van der Waals surface area (Å²) in [5.41, 5.74) is 1.66. The Morgan fingerprint density at radius 3 is 2.56 bits per heavy atom. The highest BCUT2D eigenvalue weighted by Crippen LogP contribution is 2.60. The number of anilines is 2. The zero-order valence-electron chi connectivity index (χ0n) is 22.7.